The lowest BCUT2D eigenvalue weighted by Gasteiger charge is -2.13. The summed E-state index contributed by atoms with van der Waals surface area (Å²) in [5.41, 5.74) is 12.0. The molecule has 3 aliphatic rings. The maximum Gasteiger partial charge on any atom is -0.000682 e. The molecule has 0 aliphatic heterocycles. The summed E-state index contributed by atoms with van der Waals surface area (Å²) >= 11 is 0. The van der Waals surface area contributed by atoms with Crippen molar-refractivity contribution in [1.82, 2.24) is 0 Å². The summed E-state index contributed by atoms with van der Waals surface area (Å²) in [5.74, 6) is 0. The van der Waals surface area contributed by atoms with Crippen molar-refractivity contribution in [2.75, 3.05) is 0 Å². The molecular weight excluding hydrogens is 372 g/mol. The lowest BCUT2D eigenvalue weighted by Crippen LogP contribution is -1.91. The van der Waals surface area contributed by atoms with E-state index in [9.17, 15) is 0 Å². The van der Waals surface area contributed by atoms with E-state index in [1.54, 1.807) is 37.9 Å². The van der Waals surface area contributed by atoms with E-state index in [2.05, 4.69) is 72.8 Å². The number of benzene rings is 6. The highest BCUT2D eigenvalue weighted by Gasteiger charge is 2.32. The standard InChI is InChI=1S/C31H18/c1-2-4-17-11-18(6-5-16(17)3-1)24-15-23-13-21-8-7-19-12-20-9-10-22-14-25(24)31-29(22)27(20)26(19)28(21)30(23)31/h1-11,15H,12-14H2. The van der Waals surface area contributed by atoms with E-state index in [4.69, 9.17) is 0 Å². The summed E-state index contributed by atoms with van der Waals surface area (Å²) in [4.78, 5) is 0. The van der Waals surface area contributed by atoms with Crippen molar-refractivity contribution in [2.45, 2.75) is 19.3 Å². The van der Waals surface area contributed by atoms with Gasteiger partial charge in [-0.2, -0.15) is 0 Å². The second-order valence-corrected chi connectivity index (χ2v) is 9.67. The summed E-state index contributed by atoms with van der Waals surface area (Å²) in [7, 11) is 0. The first kappa shape index (κ1) is 15.2. The van der Waals surface area contributed by atoms with Gasteiger partial charge in [-0.3, -0.25) is 0 Å². The number of hydrogen-bond acceptors (Lipinski definition) is 0. The number of rotatable bonds is 1. The predicted octanol–water partition coefficient (Wildman–Crippen LogP) is 7.68. The Hall–Kier alpha value is -3.64. The molecule has 6 aromatic rings. The zero-order chi connectivity index (χ0) is 19.8. The third kappa shape index (κ3) is 1.62. The lowest BCUT2D eigenvalue weighted by atomic mass is 9.90. The van der Waals surface area contributed by atoms with Crippen molar-refractivity contribution in [3.63, 3.8) is 0 Å². The first-order chi connectivity index (χ1) is 15.3. The van der Waals surface area contributed by atoms with Crippen LogP contribution in [0.5, 0.6) is 0 Å². The van der Waals surface area contributed by atoms with E-state index < -0.39 is 0 Å². The Balaban J connectivity index is 1.50. The minimum atomic E-state index is 1.06. The fraction of sp³-hybridized carbons (Fsp3) is 0.0968. The van der Waals surface area contributed by atoms with Gasteiger partial charge in [0.05, 0.1) is 0 Å². The molecule has 0 saturated heterocycles. The minimum absolute atomic E-state index is 1.06. The summed E-state index contributed by atoms with van der Waals surface area (Å²) in [5, 5.41) is 12.1. The van der Waals surface area contributed by atoms with Gasteiger partial charge in [-0.1, -0.05) is 60.7 Å². The molecule has 9 rings (SSSR count). The second-order valence-electron chi connectivity index (χ2n) is 9.67. The van der Waals surface area contributed by atoms with Crippen LogP contribution in [0.25, 0.3) is 54.2 Å². The Morgan fingerprint density at radius 1 is 0.419 bits per heavy atom. The molecule has 0 unspecified atom stereocenters. The summed E-state index contributed by atoms with van der Waals surface area (Å²) in [6, 6.07) is 27.9. The molecule has 31 heavy (non-hydrogen) atoms. The molecule has 0 bridgehead atoms. The van der Waals surface area contributed by atoms with Gasteiger partial charge in [-0.05, 0) is 119 Å². The molecule has 0 atom stereocenters. The van der Waals surface area contributed by atoms with Crippen LogP contribution in [0.15, 0.2) is 72.8 Å². The van der Waals surface area contributed by atoms with Gasteiger partial charge in [0.2, 0.25) is 0 Å². The van der Waals surface area contributed by atoms with Crippen molar-refractivity contribution in [3.05, 3.63) is 106 Å². The first-order valence-corrected chi connectivity index (χ1v) is 11.3. The van der Waals surface area contributed by atoms with E-state index in [1.807, 2.05) is 0 Å². The maximum absolute atomic E-state index is 2.53. The van der Waals surface area contributed by atoms with E-state index in [0.29, 0.717) is 0 Å². The second kappa shape index (κ2) is 4.81. The van der Waals surface area contributed by atoms with Gasteiger partial charge >= 0.3 is 0 Å². The zero-order valence-corrected chi connectivity index (χ0v) is 17.0. The molecular formula is C31H18. The quantitative estimate of drug-likeness (QED) is 0.252. The summed E-state index contributed by atoms with van der Waals surface area (Å²) in [6.45, 7) is 0. The van der Waals surface area contributed by atoms with E-state index in [1.165, 1.54) is 49.7 Å². The molecule has 0 N–H and O–H groups in total. The summed E-state index contributed by atoms with van der Waals surface area (Å²) < 4.78 is 0. The van der Waals surface area contributed by atoms with Gasteiger partial charge in [0.1, 0.15) is 0 Å². The molecule has 0 aromatic heterocycles. The van der Waals surface area contributed by atoms with Crippen molar-refractivity contribution in [2.24, 2.45) is 0 Å². The number of hydrogen-bond donors (Lipinski definition) is 0. The monoisotopic (exact) mass is 390 g/mol. The van der Waals surface area contributed by atoms with Crippen LogP contribution in [-0.2, 0) is 19.3 Å². The van der Waals surface area contributed by atoms with Gasteiger partial charge in [-0.25, -0.2) is 0 Å². The van der Waals surface area contributed by atoms with Gasteiger partial charge in [0, 0.05) is 0 Å². The van der Waals surface area contributed by atoms with Crippen LogP contribution in [0.4, 0.5) is 0 Å². The summed E-state index contributed by atoms with van der Waals surface area (Å²) in [6.07, 6.45) is 3.23. The van der Waals surface area contributed by atoms with Crippen LogP contribution in [0.1, 0.15) is 33.4 Å². The van der Waals surface area contributed by atoms with Crippen LogP contribution in [0.2, 0.25) is 0 Å². The molecule has 0 heteroatoms. The van der Waals surface area contributed by atoms with Gasteiger partial charge in [-0.15, -0.1) is 0 Å². The van der Waals surface area contributed by atoms with Crippen LogP contribution in [0, 0.1) is 0 Å². The first-order valence-electron chi connectivity index (χ1n) is 11.3. The zero-order valence-electron chi connectivity index (χ0n) is 17.0. The fourth-order valence-electron chi connectivity index (χ4n) is 6.99. The lowest BCUT2D eigenvalue weighted by molar-refractivity contribution is 1.24. The van der Waals surface area contributed by atoms with Gasteiger partial charge < -0.3 is 0 Å². The van der Waals surface area contributed by atoms with Gasteiger partial charge in [0.15, 0.2) is 0 Å². The van der Waals surface area contributed by atoms with Crippen molar-refractivity contribution in [1.29, 1.82) is 0 Å². The van der Waals surface area contributed by atoms with Crippen molar-refractivity contribution in [3.8, 4) is 11.1 Å². The average molecular weight is 390 g/mol. The third-order valence-corrected chi connectivity index (χ3v) is 8.21. The molecule has 0 spiro atoms. The molecule has 3 aliphatic carbocycles. The predicted molar refractivity (Wildman–Crippen MR) is 130 cm³/mol. The maximum atomic E-state index is 2.53. The average Bonchev–Trinajstić information content (AvgIpc) is 3.47. The Kier molecular flexibility index (Phi) is 2.36. The molecule has 0 amide bonds. The molecule has 6 aromatic carbocycles. The Morgan fingerprint density at radius 2 is 1.00 bits per heavy atom. The smallest absolute Gasteiger partial charge is 0.000682 e. The fourth-order valence-corrected chi connectivity index (χ4v) is 6.99. The topological polar surface area (TPSA) is 0 Å². The van der Waals surface area contributed by atoms with Crippen LogP contribution in [-0.4, -0.2) is 0 Å². The molecule has 0 radical (unpaired) electrons. The van der Waals surface area contributed by atoms with Crippen LogP contribution >= 0.6 is 0 Å². The Morgan fingerprint density at radius 3 is 1.74 bits per heavy atom. The molecule has 0 fully saturated rings. The van der Waals surface area contributed by atoms with Crippen molar-refractivity contribution >= 4 is 43.1 Å². The van der Waals surface area contributed by atoms with Crippen LogP contribution < -0.4 is 0 Å². The Bertz CT molecular complexity index is 1810. The third-order valence-electron chi connectivity index (χ3n) is 8.21. The van der Waals surface area contributed by atoms with E-state index in [0.717, 1.165) is 19.3 Å². The molecule has 0 heterocycles. The van der Waals surface area contributed by atoms with Gasteiger partial charge in [0.25, 0.3) is 0 Å². The molecule has 142 valence electrons. The molecule has 0 saturated carbocycles. The molecule has 0 nitrogen and oxygen atoms in total. The highest BCUT2D eigenvalue weighted by Crippen LogP contribution is 2.54. The van der Waals surface area contributed by atoms with E-state index >= 15 is 0 Å². The van der Waals surface area contributed by atoms with Crippen molar-refractivity contribution < 1.29 is 0 Å². The minimum Gasteiger partial charge on any atom is -0.0616 e. The largest absolute Gasteiger partial charge is 0.0616 e. The number of fused-ring (bicyclic) bond motifs is 1. The SMILES string of the molecule is c1ccc2cc(-c3cc4c5c6c(ccc7c6c6c(ccc8c6c5c3C8)C7)C4)ccc2c1. The van der Waals surface area contributed by atoms with Crippen LogP contribution in [0.3, 0.4) is 0 Å². The normalized spacial score (nSPS) is 14.7. The highest BCUT2D eigenvalue weighted by molar-refractivity contribution is 6.33. The Labute approximate surface area is 179 Å². The van der Waals surface area contributed by atoms with E-state index in [-0.39, 0.29) is 0 Å². The highest BCUT2D eigenvalue weighted by atomic mass is 14.4.